The van der Waals surface area contributed by atoms with Crippen molar-refractivity contribution >= 4 is 44.6 Å². The number of alkyl halides is 2. The number of rotatable bonds is 13. The Morgan fingerprint density at radius 2 is 1.82 bits per heavy atom. The first-order valence-electron chi connectivity index (χ1n) is 21.1. The number of benzene rings is 1. The van der Waals surface area contributed by atoms with Crippen LogP contribution in [0.25, 0.3) is 10.8 Å². The second kappa shape index (κ2) is 17.8. The summed E-state index contributed by atoms with van der Waals surface area (Å²) in [5, 5.41) is 6.58. The van der Waals surface area contributed by atoms with E-state index in [1.165, 1.54) is 25.3 Å². The maximum atomic E-state index is 15.1. The number of nitrogens with one attached hydrogen (secondary N) is 3. The summed E-state index contributed by atoms with van der Waals surface area (Å²) in [5.74, 6) is -5.98. The van der Waals surface area contributed by atoms with Crippen LogP contribution in [0.15, 0.2) is 36.5 Å². The van der Waals surface area contributed by atoms with Gasteiger partial charge in [-0.05, 0) is 90.3 Å². The van der Waals surface area contributed by atoms with Crippen molar-refractivity contribution in [1.82, 2.24) is 25.2 Å². The first kappa shape index (κ1) is 46.7. The van der Waals surface area contributed by atoms with E-state index in [2.05, 4.69) is 20.3 Å². The van der Waals surface area contributed by atoms with E-state index < -0.39 is 85.7 Å². The molecule has 4 aliphatic rings. The molecule has 16 nitrogen and oxygen atoms in total. The smallest absolute Gasteiger partial charge is 0.408 e. The molecule has 2 aliphatic carbocycles. The number of methoxy groups -OCH3 is 2. The Morgan fingerprint density at radius 1 is 1.10 bits per heavy atom. The molecule has 2 aromatic rings. The topological polar surface area (TPSA) is 201 Å². The highest BCUT2D eigenvalue weighted by atomic mass is 32.2. The molecule has 3 heterocycles. The number of nitrogens with zero attached hydrogens (tertiary/aromatic N) is 2. The zero-order valence-electron chi connectivity index (χ0n) is 36.5. The van der Waals surface area contributed by atoms with Gasteiger partial charge in [0.1, 0.15) is 35.2 Å². The van der Waals surface area contributed by atoms with Crippen molar-refractivity contribution in [2.75, 3.05) is 34.0 Å². The van der Waals surface area contributed by atoms with Crippen LogP contribution in [0, 0.1) is 17.8 Å². The first-order valence-corrected chi connectivity index (χ1v) is 22.5. The van der Waals surface area contributed by atoms with E-state index in [9.17, 15) is 31.6 Å². The number of hydrogen-bond acceptors (Lipinski definition) is 12. The lowest BCUT2D eigenvalue weighted by molar-refractivity contribution is -0.152. The summed E-state index contributed by atoms with van der Waals surface area (Å²) in [5.41, 5.74) is -3.91. The van der Waals surface area contributed by atoms with Gasteiger partial charge in [0.2, 0.25) is 27.7 Å². The highest BCUT2D eigenvalue weighted by molar-refractivity contribution is 7.91. The van der Waals surface area contributed by atoms with E-state index in [4.69, 9.17) is 23.7 Å². The van der Waals surface area contributed by atoms with Crippen LogP contribution >= 0.6 is 0 Å². The normalized spacial score (nSPS) is 27.7. The molecule has 7 unspecified atom stereocenters. The predicted octanol–water partition coefficient (Wildman–Crippen LogP) is 5.03. The van der Waals surface area contributed by atoms with Gasteiger partial charge in [-0.2, -0.15) is 0 Å². The quantitative estimate of drug-likeness (QED) is 0.227. The third kappa shape index (κ3) is 9.72. The number of carbonyl (C=O) groups is 4. The summed E-state index contributed by atoms with van der Waals surface area (Å²) in [6, 6.07) is 2.47. The molecule has 0 bridgehead atoms. The summed E-state index contributed by atoms with van der Waals surface area (Å²) >= 11 is 0. The van der Waals surface area contributed by atoms with Crippen LogP contribution in [0.3, 0.4) is 0 Å². The molecule has 2 aliphatic heterocycles. The lowest BCUT2D eigenvalue weighted by Gasteiger charge is -2.35. The number of alkyl carbamates (subject to hydrolysis) is 1. The number of allylic oxidation sites excluding steroid dienone is 1. The number of aromatic nitrogens is 1. The Balaban J connectivity index is 1.39. The fourth-order valence-electron chi connectivity index (χ4n) is 8.09. The average Bonchev–Trinajstić information content (AvgIpc) is 4.08. The molecule has 4 amide bonds. The highest BCUT2D eigenvalue weighted by Gasteiger charge is 2.63. The fraction of sp³-hybridized carbons (Fsp3) is 0.651. The maximum Gasteiger partial charge on any atom is 0.408 e. The van der Waals surface area contributed by atoms with Gasteiger partial charge in [-0.1, -0.05) is 19.1 Å². The molecule has 3 N–H and O–H groups in total. The molecule has 1 aromatic carbocycles. The lowest BCUT2D eigenvalue weighted by atomic mass is 9.87. The number of halogens is 2. The maximum absolute atomic E-state index is 15.1. The zero-order valence-corrected chi connectivity index (χ0v) is 37.4. The second-order valence-corrected chi connectivity index (χ2v) is 20.1. The van der Waals surface area contributed by atoms with Crippen molar-refractivity contribution in [2.45, 2.75) is 126 Å². The molecule has 0 spiro atoms. The van der Waals surface area contributed by atoms with Gasteiger partial charge in [-0.15, -0.1) is 0 Å². The van der Waals surface area contributed by atoms with E-state index in [0.717, 1.165) is 13.8 Å². The Labute approximate surface area is 361 Å². The molecular weight excluding hydrogens is 833 g/mol. The van der Waals surface area contributed by atoms with E-state index >= 15 is 4.79 Å². The van der Waals surface area contributed by atoms with Crippen LogP contribution in [0.2, 0.25) is 0 Å². The van der Waals surface area contributed by atoms with Gasteiger partial charge in [0.05, 0.1) is 37.8 Å². The van der Waals surface area contributed by atoms with Crippen LogP contribution in [0.5, 0.6) is 17.4 Å². The minimum atomic E-state index is -4.08. The van der Waals surface area contributed by atoms with Gasteiger partial charge >= 0.3 is 6.09 Å². The summed E-state index contributed by atoms with van der Waals surface area (Å²) in [6.45, 7) is 8.19. The van der Waals surface area contributed by atoms with Gasteiger partial charge in [0.15, 0.2) is 5.60 Å². The predicted molar refractivity (Wildman–Crippen MR) is 223 cm³/mol. The summed E-state index contributed by atoms with van der Waals surface area (Å²) in [4.78, 5) is 63.1. The number of amides is 4. The van der Waals surface area contributed by atoms with Gasteiger partial charge in [0.25, 0.3) is 11.8 Å². The van der Waals surface area contributed by atoms with Crippen LogP contribution in [0.1, 0.15) is 86.5 Å². The van der Waals surface area contributed by atoms with Crippen molar-refractivity contribution in [3.8, 4) is 17.4 Å². The molecule has 19 heteroatoms. The SMILES string of the molecule is CCOc1cnc(OC2CC3C(=O)NC4(C(=O)NS(=O)(=O)C5(C)CC5)CC4C=CCCC(C)CC(COC)C(NC(=O)OC(C)(C)C(C)(F)F)C(=O)N3C2)c2ccc(OC)cc12. The molecule has 0 radical (unpaired) electrons. The first-order chi connectivity index (χ1) is 29.1. The van der Waals surface area contributed by atoms with Gasteiger partial charge in [-0.25, -0.2) is 27.0 Å². The van der Waals surface area contributed by atoms with Crippen molar-refractivity contribution in [1.29, 1.82) is 0 Å². The second-order valence-electron chi connectivity index (χ2n) is 17.9. The Kier molecular flexibility index (Phi) is 13.4. The van der Waals surface area contributed by atoms with Crippen LogP contribution in [0.4, 0.5) is 13.6 Å². The van der Waals surface area contributed by atoms with Crippen LogP contribution in [-0.4, -0.2) is 116 Å². The minimum absolute atomic E-state index is 0.0286. The summed E-state index contributed by atoms with van der Waals surface area (Å²) < 4.78 is 85.3. The van der Waals surface area contributed by atoms with Gasteiger partial charge < -0.3 is 39.2 Å². The summed E-state index contributed by atoms with van der Waals surface area (Å²) in [7, 11) is -1.12. The Bertz CT molecular complexity index is 2180. The number of pyridine rings is 1. The Hall–Kier alpha value is -4.78. The minimum Gasteiger partial charge on any atom is -0.497 e. The van der Waals surface area contributed by atoms with Crippen molar-refractivity contribution in [2.24, 2.45) is 17.8 Å². The van der Waals surface area contributed by atoms with E-state index in [1.807, 2.05) is 19.9 Å². The van der Waals surface area contributed by atoms with E-state index in [0.29, 0.717) is 67.9 Å². The van der Waals surface area contributed by atoms with E-state index in [-0.39, 0.29) is 37.8 Å². The van der Waals surface area contributed by atoms with Crippen molar-refractivity contribution in [3.63, 3.8) is 0 Å². The zero-order chi connectivity index (χ0) is 45.4. The number of carbonyl (C=O) groups excluding carboxylic acids is 4. The molecule has 7 atom stereocenters. The molecule has 62 heavy (non-hydrogen) atoms. The molecule has 3 fully saturated rings. The number of ether oxygens (including phenoxy) is 5. The highest BCUT2D eigenvalue weighted by Crippen LogP contribution is 2.48. The molecule has 342 valence electrons. The van der Waals surface area contributed by atoms with Gasteiger partial charge in [0, 0.05) is 43.1 Å². The Morgan fingerprint density at radius 3 is 2.47 bits per heavy atom. The molecule has 2 saturated carbocycles. The van der Waals surface area contributed by atoms with Crippen molar-refractivity contribution in [3.05, 3.63) is 36.5 Å². The third-order valence-corrected chi connectivity index (χ3v) is 14.9. The number of sulfonamides is 1. The third-order valence-electron chi connectivity index (χ3n) is 12.7. The largest absolute Gasteiger partial charge is 0.497 e. The number of hydrogen-bond donors (Lipinski definition) is 3. The van der Waals surface area contributed by atoms with Crippen LogP contribution < -0.4 is 29.6 Å². The summed E-state index contributed by atoms with van der Waals surface area (Å²) in [6.07, 6.45) is 5.27. The van der Waals surface area contributed by atoms with Gasteiger partial charge in [-0.3, -0.25) is 19.1 Å². The molecule has 1 aromatic heterocycles. The van der Waals surface area contributed by atoms with E-state index in [1.54, 1.807) is 31.2 Å². The fourth-order valence-corrected chi connectivity index (χ4v) is 9.40. The molecule has 1 saturated heterocycles. The monoisotopic (exact) mass is 891 g/mol. The standard InChI is InChI=1S/C43H59F2N5O11S/c1-9-59-33-22-46-36(30-15-14-28(58-8)19-31(30)33)60-29-20-32-35(51)48-43(38(53)49-62(55,56)41(5)16-17-41)21-27(43)13-11-10-12-25(2)18-26(24-57-7)34(37(52)50(32)23-29)47-39(54)61-40(3,4)42(6,44)45/h11,13-15,19,22,25-27,29,32,34H,9-10,12,16-18,20-21,23-24H2,1-8H3,(H,47,54)(H,48,51)(H,49,53). The number of fused-ring (bicyclic) bond motifs is 3. The molecule has 6 rings (SSSR count). The average molecular weight is 892 g/mol. The van der Waals surface area contributed by atoms with Crippen LogP contribution in [-0.2, 0) is 33.9 Å². The molecular formula is C43H59F2N5O11S. The lowest BCUT2D eigenvalue weighted by Crippen LogP contribution is -2.60. The van der Waals surface area contributed by atoms with Crippen molar-refractivity contribution < 1.29 is 60.1 Å².